The highest BCUT2D eigenvalue weighted by Crippen LogP contribution is 2.71. The molecule has 2 spiro atoms. The van der Waals surface area contributed by atoms with Crippen molar-refractivity contribution in [2.75, 3.05) is 26.2 Å². The highest BCUT2D eigenvalue weighted by atomic mass is 16.5. The van der Waals surface area contributed by atoms with Crippen LogP contribution < -0.4 is 25.7 Å². The van der Waals surface area contributed by atoms with Crippen molar-refractivity contribution in [3.8, 4) is 28.7 Å². The Kier molecular flexibility index (Phi) is 6.82. The maximum Gasteiger partial charge on any atom is 0.191 e. The van der Waals surface area contributed by atoms with Crippen molar-refractivity contribution in [3.05, 3.63) is 105 Å². The van der Waals surface area contributed by atoms with Crippen molar-refractivity contribution in [3.63, 3.8) is 0 Å². The topological polar surface area (TPSA) is 191 Å². The quantitative estimate of drug-likeness (QED) is 0.0693. The number of hydrogen-bond donors (Lipinski definition) is 7. The summed E-state index contributed by atoms with van der Waals surface area (Å²) in [7, 11) is 0. The minimum absolute atomic E-state index is 0.00486. The van der Waals surface area contributed by atoms with Gasteiger partial charge in [0.15, 0.2) is 41.2 Å². The van der Waals surface area contributed by atoms with Crippen molar-refractivity contribution in [1.29, 1.82) is 0 Å². The van der Waals surface area contributed by atoms with Crippen LogP contribution in [0.3, 0.4) is 0 Å². The number of H-pyrrole nitrogens is 2. The number of piperidine rings is 2. The minimum Gasteiger partial charge on any atom is -0.504 e. The highest BCUT2D eigenvalue weighted by molar-refractivity contribution is 5.91. The molecular formula is C53H53N7O6. The van der Waals surface area contributed by atoms with E-state index in [1.54, 1.807) is 6.07 Å². The number of aromatic nitrogens is 2. The summed E-state index contributed by atoms with van der Waals surface area (Å²) < 4.78 is 21.2. The van der Waals surface area contributed by atoms with Crippen molar-refractivity contribution in [1.82, 2.24) is 19.8 Å². The Morgan fingerprint density at radius 2 is 1.32 bits per heavy atom. The van der Waals surface area contributed by atoms with Crippen LogP contribution in [0.25, 0.3) is 21.8 Å². The van der Waals surface area contributed by atoms with Gasteiger partial charge in [0.05, 0.1) is 39.1 Å². The average molecular weight is 884 g/mol. The lowest BCUT2D eigenvalue weighted by Crippen LogP contribution is -2.74. The predicted octanol–water partition coefficient (Wildman–Crippen LogP) is 6.45. The first kappa shape index (κ1) is 37.4. The number of aromatic amines is 2. The van der Waals surface area contributed by atoms with Crippen LogP contribution in [0.5, 0.6) is 28.7 Å². The molecule has 8 atom stereocenters. The van der Waals surface area contributed by atoms with Crippen LogP contribution in [0, 0.1) is 11.8 Å². The van der Waals surface area contributed by atoms with E-state index >= 15 is 0 Å². The van der Waals surface area contributed by atoms with E-state index < -0.39 is 34.2 Å². The summed E-state index contributed by atoms with van der Waals surface area (Å²) in [4.78, 5) is 17.1. The number of phenols is 1. The van der Waals surface area contributed by atoms with E-state index in [1.807, 2.05) is 24.3 Å². The van der Waals surface area contributed by atoms with Gasteiger partial charge in [-0.1, -0.05) is 12.1 Å². The minimum atomic E-state index is -1.09. The third-order valence-corrected chi connectivity index (χ3v) is 18.7. The standard InChI is InChI=1S/C53H53N7O6/c54-49(55)56-29-7-10-35-32(19-29)34-22-53(63)40-18-28-6-12-38(46-42(28)51(53,48(66-46)44(34)57-35)14-16-60(40)24-26-3-4-26)64-30-8-9-31-33-21-52(62)39-17-27-5-11-37(61)45-41(27)50(52,13-15-59(39)23-25-1-2-25)47(65-45)43(33)58-36(31)20-30/h5-12,19-20,25-26,39-40,47-48,57-58,61-63H,1-4,13-18,21-24H2,(H4,54,55,56)/t39?,40?,47-,48-,50-,51-,52+,53+/m0/s1. The highest BCUT2D eigenvalue weighted by Gasteiger charge is 2.74. The number of aliphatic hydroxyl groups is 2. The van der Waals surface area contributed by atoms with Gasteiger partial charge >= 0.3 is 0 Å². The number of aromatic hydroxyl groups is 1. The van der Waals surface area contributed by atoms with Crippen LogP contribution in [-0.2, 0) is 36.5 Å². The molecule has 6 heterocycles. The maximum atomic E-state index is 13.6. The Balaban J connectivity index is 0.804. The van der Waals surface area contributed by atoms with Crippen molar-refractivity contribution in [2.24, 2.45) is 28.3 Å². The van der Waals surface area contributed by atoms with Gasteiger partial charge in [-0.05, 0) is 141 Å². The Hall–Kier alpha value is -5.73. The Bertz CT molecular complexity index is 3220. The van der Waals surface area contributed by atoms with E-state index in [1.165, 1.54) is 36.8 Å². The molecule has 0 amide bonds. The summed E-state index contributed by atoms with van der Waals surface area (Å²) in [5, 5.41) is 40.3. The van der Waals surface area contributed by atoms with E-state index in [0.29, 0.717) is 53.4 Å². The molecule has 6 aliphatic carbocycles. The van der Waals surface area contributed by atoms with Gasteiger partial charge in [-0.2, -0.15) is 0 Å². The molecule has 336 valence electrons. The molecular weight excluding hydrogens is 831 g/mol. The van der Waals surface area contributed by atoms with Crippen molar-refractivity contribution >= 4 is 33.5 Å². The zero-order chi connectivity index (χ0) is 43.8. The van der Waals surface area contributed by atoms with E-state index in [-0.39, 0.29) is 23.8 Å². The number of nitrogens with two attached hydrogens (primary N) is 2. The van der Waals surface area contributed by atoms with Gasteiger partial charge < -0.3 is 51.0 Å². The molecule has 2 aromatic heterocycles. The molecule has 16 rings (SSSR count). The number of guanidine groups is 1. The SMILES string of the molecule is NC(N)=Nc1ccc2[nH]c3c(c2c1)C[C@@]1(O)C2Cc4ccc(Oc5ccc6c7c([nH]c6c5)[C@@H]5Oc6c(O)ccc8c6[C@@]56CCN(CC5CC5)C(C8)[C@]6(O)C7)c5c4[C@@]1(CCN2CC1CC1)[C@H]3O5. The third kappa shape index (κ3) is 4.41. The fraction of sp³-hybridized carbons (Fsp3) is 0.453. The summed E-state index contributed by atoms with van der Waals surface area (Å²) in [6.07, 6.45) is 8.14. The first-order chi connectivity index (χ1) is 32.0. The third-order valence-electron chi connectivity index (χ3n) is 18.7. The summed E-state index contributed by atoms with van der Waals surface area (Å²) in [6.45, 7) is 3.84. The number of rotatable bonds is 7. The molecule has 4 aliphatic heterocycles. The molecule has 4 fully saturated rings. The lowest BCUT2D eigenvalue weighted by Gasteiger charge is -2.62. The van der Waals surface area contributed by atoms with Crippen molar-refractivity contribution < 1.29 is 29.5 Å². The molecule has 13 nitrogen and oxygen atoms in total. The first-order valence-corrected chi connectivity index (χ1v) is 24.4. The second-order valence-corrected chi connectivity index (χ2v) is 21.9. The molecule has 4 aromatic carbocycles. The van der Waals surface area contributed by atoms with E-state index in [0.717, 1.165) is 107 Å². The van der Waals surface area contributed by atoms with Crippen LogP contribution in [0.2, 0.25) is 0 Å². The summed E-state index contributed by atoms with van der Waals surface area (Å²) >= 11 is 0. The summed E-state index contributed by atoms with van der Waals surface area (Å²) in [5.41, 5.74) is 19.3. The summed E-state index contributed by atoms with van der Waals surface area (Å²) in [5.74, 6) is 4.09. The Labute approximate surface area is 380 Å². The molecule has 0 radical (unpaired) electrons. The second-order valence-electron chi connectivity index (χ2n) is 21.9. The molecule has 66 heavy (non-hydrogen) atoms. The van der Waals surface area contributed by atoms with Gasteiger partial charge in [-0.15, -0.1) is 0 Å². The Morgan fingerprint density at radius 1 is 0.712 bits per heavy atom. The molecule has 9 N–H and O–H groups in total. The largest absolute Gasteiger partial charge is 0.504 e. The van der Waals surface area contributed by atoms with E-state index in [9.17, 15) is 15.3 Å². The van der Waals surface area contributed by atoms with Gasteiger partial charge in [-0.3, -0.25) is 9.80 Å². The zero-order valence-corrected chi connectivity index (χ0v) is 36.7. The monoisotopic (exact) mass is 883 g/mol. The molecule has 2 saturated heterocycles. The number of aliphatic imine (C=N–C) groups is 1. The van der Waals surface area contributed by atoms with Crippen LogP contribution in [0.1, 0.15) is 95.5 Å². The second kappa shape index (κ2) is 12.0. The fourth-order valence-corrected chi connectivity index (χ4v) is 15.7. The molecule has 4 bridgehead atoms. The van der Waals surface area contributed by atoms with Crippen LogP contribution in [-0.4, -0.2) is 90.5 Å². The lowest BCUT2D eigenvalue weighted by molar-refractivity contribution is -0.173. The van der Waals surface area contributed by atoms with E-state index in [2.05, 4.69) is 55.1 Å². The van der Waals surface area contributed by atoms with Gasteiger partial charge in [0, 0.05) is 77.0 Å². The normalized spacial score (nSPS) is 33.7. The van der Waals surface area contributed by atoms with Gasteiger partial charge in [0.1, 0.15) is 5.75 Å². The number of benzene rings is 4. The number of fused-ring (bicyclic) bond motifs is 8. The fourth-order valence-electron chi connectivity index (χ4n) is 15.7. The lowest BCUT2D eigenvalue weighted by atomic mass is 9.49. The Morgan fingerprint density at radius 3 is 1.97 bits per heavy atom. The van der Waals surface area contributed by atoms with E-state index in [4.69, 9.17) is 25.7 Å². The molecule has 13 heteroatoms. The predicted molar refractivity (Wildman–Crippen MR) is 247 cm³/mol. The number of nitrogens with one attached hydrogen (secondary N) is 2. The summed E-state index contributed by atoms with van der Waals surface area (Å²) in [6, 6.07) is 20.2. The van der Waals surface area contributed by atoms with Gasteiger partial charge in [0.2, 0.25) is 0 Å². The number of ether oxygens (including phenoxy) is 3. The smallest absolute Gasteiger partial charge is 0.191 e. The molecule has 2 saturated carbocycles. The number of hydrogen-bond acceptors (Lipinski definition) is 9. The average Bonchev–Trinajstić information content (AvgIpc) is 4.15. The molecule has 2 unspecified atom stereocenters. The number of nitrogens with zero attached hydrogens (tertiary/aromatic N) is 3. The van der Waals surface area contributed by atoms with Gasteiger partial charge in [-0.25, -0.2) is 4.99 Å². The van der Waals surface area contributed by atoms with Crippen molar-refractivity contribution in [2.45, 2.75) is 111 Å². The van der Waals surface area contributed by atoms with Crippen LogP contribution in [0.4, 0.5) is 5.69 Å². The maximum absolute atomic E-state index is 13.6. The first-order valence-electron chi connectivity index (χ1n) is 24.4. The van der Waals surface area contributed by atoms with Gasteiger partial charge in [0.25, 0.3) is 0 Å². The molecule has 10 aliphatic rings. The zero-order valence-electron chi connectivity index (χ0n) is 36.7. The number of likely N-dealkylation sites (tertiary alicyclic amines) is 2. The molecule has 6 aromatic rings. The van der Waals surface area contributed by atoms with Crippen LogP contribution in [0.15, 0.2) is 65.7 Å². The number of phenolic OH excluding ortho intramolecular Hbond substituents is 1. The van der Waals surface area contributed by atoms with Crippen LogP contribution >= 0.6 is 0 Å².